The van der Waals surface area contributed by atoms with Crippen LogP contribution in [0.4, 0.5) is 0 Å². The lowest BCUT2D eigenvalue weighted by atomic mass is 10.1. The molecular formula is C12H10O2. The van der Waals surface area contributed by atoms with Gasteiger partial charge in [0, 0.05) is 5.56 Å². The van der Waals surface area contributed by atoms with Crippen LogP contribution in [0, 0.1) is 11.8 Å². The van der Waals surface area contributed by atoms with Crippen LogP contribution >= 0.6 is 0 Å². The van der Waals surface area contributed by atoms with Gasteiger partial charge in [-0.25, -0.2) is 0 Å². The van der Waals surface area contributed by atoms with Gasteiger partial charge in [0.2, 0.25) is 0 Å². The van der Waals surface area contributed by atoms with E-state index in [4.69, 9.17) is 5.11 Å². The fourth-order valence-electron chi connectivity index (χ4n) is 1.00. The zero-order valence-corrected chi connectivity index (χ0v) is 7.66. The average Bonchev–Trinajstić information content (AvgIpc) is 2.18. The third-order valence-corrected chi connectivity index (χ3v) is 1.64. The number of aliphatic carboxylic acids is 1. The summed E-state index contributed by atoms with van der Waals surface area (Å²) in [5.41, 5.74) is 1.73. The summed E-state index contributed by atoms with van der Waals surface area (Å²) in [6, 6.07) is 7.47. The van der Waals surface area contributed by atoms with E-state index in [-0.39, 0.29) is 6.42 Å². The zero-order chi connectivity index (χ0) is 10.4. The summed E-state index contributed by atoms with van der Waals surface area (Å²) in [5, 5.41) is 8.40. The van der Waals surface area contributed by atoms with E-state index in [1.807, 2.05) is 24.3 Å². The highest BCUT2D eigenvalue weighted by Gasteiger charge is 1.93. The maximum atomic E-state index is 10.2. The second-order valence-electron chi connectivity index (χ2n) is 2.66. The van der Waals surface area contributed by atoms with E-state index < -0.39 is 5.97 Å². The molecule has 0 bridgehead atoms. The number of hydrogen-bond acceptors (Lipinski definition) is 1. The maximum Gasteiger partial charge on any atom is 0.315 e. The Kier molecular flexibility index (Phi) is 3.51. The van der Waals surface area contributed by atoms with Gasteiger partial charge in [0.05, 0.1) is 0 Å². The lowest BCUT2D eigenvalue weighted by molar-refractivity contribution is -0.135. The highest BCUT2D eigenvalue weighted by molar-refractivity contribution is 5.70. The third-order valence-electron chi connectivity index (χ3n) is 1.64. The molecule has 2 nitrogen and oxygen atoms in total. The van der Waals surface area contributed by atoms with Gasteiger partial charge >= 0.3 is 5.97 Å². The Morgan fingerprint density at radius 1 is 1.50 bits per heavy atom. The Balaban J connectivity index is 2.88. The molecule has 0 aliphatic rings. The molecule has 0 atom stereocenters. The summed E-state index contributed by atoms with van der Waals surface area (Å²) >= 11 is 0. The SMILES string of the molecule is C=Cc1ccccc1C#CCC(=O)O. The quantitative estimate of drug-likeness (QED) is 0.718. The molecule has 0 spiro atoms. The Hall–Kier alpha value is -2.01. The number of rotatable bonds is 2. The van der Waals surface area contributed by atoms with E-state index >= 15 is 0 Å². The molecule has 14 heavy (non-hydrogen) atoms. The molecule has 0 amide bonds. The summed E-state index contributed by atoms with van der Waals surface area (Å²) in [5.74, 6) is 4.46. The molecule has 2 heteroatoms. The molecule has 1 aromatic carbocycles. The average molecular weight is 186 g/mol. The number of benzene rings is 1. The van der Waals surface area contributed by atoms with Crippen LogP contribution in [0.2, 0.25) is 0 Å². The fourth-order valence-corrected chi connectivity index (χ4v) is 1.00. The largest absolute Gasteiger partial charge is 0.481 e. The monoisotopic (exact) mass is 186 g/mol. The molecule has 0 fully saturated rings. The number of carbonyl (C=O) groups is 1. The molecule has 1 aromatic rings. The molecule has 0 unspecified atom stereocenters. The third kappa shape index (κ3) is 2.80. The van der Waals surface area contributed by atoms with Crippen LogP contribution in [-0.2, 0) is 4.79 Å². The van der Waals surface area contributed by atoms with Crippen LogP contribution in [0.1, 0.15) is 17.5 Å². The van der Waals surface area contributed by atoms with Gasteiger partial charge in [0.15, 0.2) is 0 Å². The van der Waals surface area contributed by atoms with Gasteiger partial charge in [-0.1, -0.05) is 42.7 Å². The van der Waals surface area contributed by atoms with Gasteiger partial charge in [-0.15, -0.1) is 0 Å². The van der Waals surface area contributed by atoms with Crippen molar-refractivity contribution in [1.82, 2.24) is 0 Å². The maximum absolute atomic E-state index is 10.2. The summed E-state index contributed by atoms with van der Waals surface area (Å²) in [6.07, 6.45) is 1.57. The first kappa shape index (κ1) is 10.1. The molecule has 1 N–H and O–H groups in total. The van der Waals surface area contributed by atoms with Crippen molar-refractivity contribution >= 4 is 12.0 Å². The lowest BCUT2D eigenvalue weighted by Gasteiger charge is -1.95. The van der Waals surface area contributed by atoms with E-state index in [9.17, 15) is 4.79 Å². The highest BCUT2D eigenvalue weighted by atomic mass is 16.4. The van der Waals surface area contributed by atoms with Gasteiger partial charge in [-0.3, -0.25) is 4.79 Å². The Labute approximate surface area is 82.9 Å². The molecule has 0 aromatic heterocycles. The first-order valence-corrected chi connectivity index (χ1v) is 4.16. The first-order chi connectivity index (χ1) is 6.74. The van der Waals surface area contributed by atoms with Crippen LogP contribution in [0.25, 0.3) is 6.08 Å². The Bertz CT molecular complexity index is 408. The highest BCUT2D eigenvalue weighted by Crippen LogP contribution is 2.07. The smallest absolute Gasteiger partial charge is 0.315 e. The van der Waals surface area contributed by atoms with Crippen molar-refractivity contribution in [1.29, 1.82) is 0 Å². The van der Waals surface area contributed by atoms with Gasteiger partial charge in [0.25, 0.3) is 0 Å². The van der Waals surface area contributed by atoms with E-state index in [2.05, 4.69) is 18.4 Å². The predicted molar refractivity (Wildman–Crippen MR) is 55.7 cm³/mol. The molecule has 0 saturated heterocycles. The van der Waals surface area contributed by atoms with Crippen molar-refractivity contribution in [3.63, 3.8) is 0 Å². The van der Waals surface area contributed by atoms with Crippen molar-refractivity contribution in [3.8, 4) is 11.8 Å². The first-order valence-electron chi connectivity index (χ1n) is 4.16. The van der Waals surface area contributed by atoms with E-state index in [0.717, 1.165) is 11.1 Å². The Morgan fingerprint density at radius 2 is 2.21 bits per heavy atom. The lowest BCUT2D eigenvalue weighted by Crippen LogP contribution is -1.90. The van der Waals surface area contributed by atoms with E-state index in [1.165, 1.54) is 0 Å². The van der Waals surface area contributed by atoms with Crippen molar-refractivity contribution in [2.24, 2.45) is 0 Å². The number of hydrogen-bond donors (Lipinski definition) is 1. The minimum absolute atomic E-state index is 0.133. The molecular weight excluding hydrogens is 176 g/mol. The minimum atomic E-state index is -0.909. The van der Waals surface area contributed by atoms with E-state index in [1.54, 1.807) is 6.08 Å². The van der Waals surface area contributed by atoms with E-state index in [0.29, 0.717) is 0 Å². The van der Waals surface area contributed by atoms with Crippen molar-refractivity contribution in [2.75, 3.05) is 0 Å². The second-order valence-corrected chi connectivity index (χ2v) is 2.66. The van der Waals surface area contributed by atoms with Crippen LogP contribution in [0.3, 0.4) is 0 Å². The normalized spacial score (nSPS) is 8.57. The van der Waals surface area contributed by atoms with Crippen LogP contribution in [-0.4, -0.2) is 11.1 Å². The molecule has 0 aliphatic heterocycles. The standard InChI is InChI=1S/C12H10O2/c1-2-10-6-3-4-7-11(10)8-5-9-12(13)14/h2-4,6-7H,1,9H2,(H,13,14). The van der Waals surface area contributed by atoms with Gasteiger partial charge in [0.1, 0.15) is 6.42 Å². The number of carboxylic acid groups (broad SMARTS) is 1. The fraction of sp³-hybridized carbons (Fsp3) is 0.0833. The number of carboxylic acids is 1. The molecule has 70 valence electrons. The van der Waals surface area contributed by atoms with Gasteiger partial charge in [-0.2, -0.15) is 0 Å². The molecule has 0 saturated carbocycles. The summed E-state index contributed by atoms with van der Waals surface area (Å²) in [4.78, 5) is 10.2. The van der Waals surface area contributed by atoms with Crippen molar-refractivity contribution < 1.29 is 9.90 Å². The molecule has 0 radical (unpaired) electrons. The van der Waals surface area contributed by atoms with Crippen LogP contribution < -0.4 is 0 Å². The van der Waals surface area contributed by atoms with Gasteiger partial charge in [-0.05, 0) is 11.6 Å². The molecule has 0 aliphatic carbocycles. The summed E-state index contributed by atoms with van der Waals surface area (Å²) in [6.45, 7) is 3.65. The minimum Gasteiger partial charge on any atom is -0.481 e. The summed E-state index contributed by atoms with van der Waals surface area (Å²) in [7, 11) is 0. The van der Waals surface area contributed by atoms with Crippen molar-refractivity contribution in [3.05, 3.63) is 42.0 Å². The topological polar surface area (TPSA) is 37.3 Å². The van der Waals surface area contributed by atoms with Crippen LogP contribution in [0.15, 0.2) is 30.8 Å². The molecule has 0 heterocycles. The predicted octanol–water partition coefficient (Wildman–Crippen LogP) is 2.16. The summed E-state index contributed by atoms with van der Waals surface area (Å²) < 4.78 is 0. The van der Waals surface area contributed by atoms with Crippen molar-refractivity contribution in [2.45, 2.75) is 6.42 Å². The van der Waals surface area contributed by atoms with Gasteiger partial charge < -0.3 is 5.11 Å². The second kappa shape index (κ2) is 4.88. The Morgan fingerprint density at radius 3 is 2.86 bits per heavy atom. The van der Waals surface area contributed by atoms with Crippen LogP contribution in [0.5, 0.6) is 0 Å². The molecule has 1 rings (SSSR count). The zero-order valence-electron chi connectivity index (χ0n) is 7.66.